The SMILES string of the molecule is COc1ccccc1OCC(=O)Nc1cc(C(C)(C)C)nn1-c1ccc(F)cc1. The molecule has 152 valence electrons. The molecule has 2 aromatic carbocycles. The Labute approximate surface area is 169 Å². The van der Waals surface area contributed by atoms with Crippen LogP contribution in [0.2, 0.25) is 0 Å². The van der Waals surface area contributed by atoms with Crippen molar-refractivity contribution in [3.63, 3.8) is 0 Å². The van der Waals surface area contributed by atoms with Gasteiger partial charge in [0, 0.05) is 11.5 Å². The second-order valence-electron chi connectivity index (χ2n) is 7.54. The van der Waals surface area contributed by atoms with Crippen molar-refractivity contribution in [3.05, 3.63) is 66.1 Å². The van der Waals surface area contributed by atoms with Gasteiger partial charge in [-0.15, -0.1) is 0 Å². The van der Waals surface area contributed by atoms with Gasteiger partial charge in [-0.05, 0) is 36.4 Å². The zero-order valence-corrected chi connectivity index (χ0v) is 16.9. The predicted octanol–water partition coefficient (Wildman–Crippen LogP) is 4.34. The number of amides is 1. The van der Waals surface area contributed by atoms with E-state index in [0.717, 1.165) is 5.69 Å². The minimum Gasteiger partial charge on any atom is -0.493 e. The Balaban J connectivity index is 1.81. The topological polar surface area (TPSA) is 65.4 Å². The molecule has 1 heterocycles. The number of anilines is 1. The standard InChI is InChI=1S/C22H24FN3O3/c1-22(2,3)19-13-20(26(25-19)16-11-9-15(23)10-12-16)24-21(27)14-29-18-8-6-5-7-17(18)28-4/h5-13H,14H2,1-4H3,(H,24,27). The number of hydrogen-bond donors (Lipinski definition) is 1. The number of carbonyl (C=O) groups excluding carboxylic acids is 1. The van der Waals surface area contributed by atoms with E-state index in [1.807, 2.05) is 32.9 Å². The van der Waals surface area contributed by atoms with Gasteiger partial charge in [-0.25, -0.2) is 9.07 Å². The van der Waals surface area contributed by atoms with Crippen molar-refractivity contribution in [2.75, 3.05) is 19.0 Å². The van der Waals surface area contributed by atoms with E-state index in [4.69, 9.17) is 9.47 Å². The van der Waals surface area contributed by atoms with E-state index >= 15 is 0 Å². The van der Waals surface area contributed by atoms with Gasteiger partial charge >= 0.3 is 0 Å². The summed E-state index contributed by atoms with van der Waals surface area (Å²) in [6.07, 6.45) is 0. The third-order valence-electron chi connectivity index (χ3n) is 4.24. The molecule has 0 fully saturated rings. The fourth-order valence-corrected chi connectivity index (χ4v) is 2.68. The predicted molar refractivity (Wildman–Crippen MR) is 109 cm³/mol. The maximum atomic E-state index is 13.3. The van der Waals surface area contributed by atoms with Crippen LogP contribution in [0.3, 0.4) is 0 Å². The normalized spacial score (nSPS) is 11.2. The van der Waals surface area contributed by atoms with Crippen LogP contribution >= 0.6 is 0 Å². The zero-order valence-electron chi connectivity index (χ0n) is 16.9. The van der Waals surface area contributed by atoms with E-state index in [2.05, 4.69) is 10.4 Å². The van der Waals surface area contributed by atoms with E-state index < -0.39 is 0 Å². The number of methoxy groups -OCH3 is 1. The molecule has 7 heteroatoms. The lowest BCUT2D eigenvalue weighted by atomic mass is 9.92. The molecule has 29 heavy (non-hydrogen) atoms. The number of benzene rings is 2. The van der Waals surface area contributed by atoms with Crippen LogP contribution in [-0.2, 0) is 10.2 Å². The molecule has 0 atom stereocenters. The molecular weight excluding hydrogens is 373 g/mol. The number of ether oxygens (including phenoxy) is 2. The van der Waals surface area contributed by atoms with Crippen molar-refractivity contribution in [2.24, 2.45) is 0 Å². The second kappa shape index (κ2) is 8.34. The molecule has 0 aliphatic heterocycles. The van der Waals surface area contributed by atoms with Gasteiger partial charge in [-0.3, -0.25) is 4.79 Å². The molecular formula is C22H24FN3O3. The van der Waals surface area contributed by atoms with Crippen LogP contribution in [0, 0.1) is 5.82 Å². The average Bonchev–Trinajstić information content (AvgIpc) is 3.11. The summed E-state index contributed by atoms with van der Waals surface area (Å²) >= 11 is 0. The van der Waals surface area contributed by atoms with E-state index in [-0.39, 0.29) is 23.7 Å². The lowest BCUT2D eigenvalue weighted by molar-refractivity contribution is -0.118. The number of para-hydroxylation sites is 2. The summed E-state index contributed by atoms with van der Waals surface area (Å²) in [4.78, 5) is 12.5. The monoisotopic (exact) mass is 397 g/mol. The van der Waals surface area contributed by atoms with Gasteiger partial charge in [-0.1, -0.05) is 32.9 Å². The summed E-state index contributed by atoms with van der Waals surface area (Å²) in [5.41, 5.74) is 1.21. The van der Waals surface area contributed by atoms with Crippen molar-refractivity contribution in [1.82, 2.24) is 9.78 Å². The minimum absolute atomic E-state index is 0.195. The number of aromatic nitrogens is 2. The van der Waals surface area contributed by atoms with E-state index in [0.29, 0.717) is 23.0 Å². The van der Waals surface area contributed by atoms with E-state index in [9.17, 15) is 9.18 Å². The van der Waals surface area contributed by atoms with Gasteiger partial charge in [-0.2, -0.15) is 5.10 Å². The van der Waals surface area contributed by atoms with Crippen LogP contribution in [0.1, 0.15) is 26.5 Å². The first-order chi connectivity index (χ1) is 13.8. The van der Waals surface area contributed by atoms with Gasteiger partial charge in [0.2, 0.25) is 0 Å². The summed E-state index contributed by atoms with van der Waals surface area (Å²) in [5, 5.41) is 7.42. The van der Waals surface area contributed by atoms with Gasteiger partial charge < -0.3 is 14.8 Å². The van der Waals surface area contributed by atoms with Crippen molar-refractivity contribution in [2.45, 2.75) is 26.2 Å². The summed E-state index contributed by atoms with van der Waals surface area (Å²) in [6, 6.07) is 14.8. The molecule has 0 aliphatic rings. The van der Waals surface area contributed by atoms with Crippen molar-refractivity contribution < 1.29 is 18.7 Å². The molecule has 0 spiro atoms. The Hall–Kier alpha value is -3.35. The quantitative estimate of drug-likeness (QED) is 0.672. The highest BCUT2D eigenvalue weighted by atomic mass is 19.1. The van der Waals surface area contributed by atoms with Crippen LogP contribution < -0.4 is 14.8 Å². The maximum absolute atomic E-state index is 13.3. The first kappa shape index (κ1) is 20.4. The molecule has 3 rings (SSSR count). The second-order valence-corrected chi connectivity index (χ2v) is 7.54. The number of hydrogen-bond acceptors (Lipinski definition) is 4. The van der Waals surface area contributed by atoms with Crippen molar-refractivity contribution in [1.29, 1.82) is 0 Å². The molecule has 0 bridgehead atoms. The van der Waals surface area contributed by atoms with Crippen LogP contribution in [-0.4, -0.2) is 29.4 Å². The fourth-order valence-electron chi connectivity index (χ4n) is 2.68. The molecule has 0 unspecified atom stereocenters. The summed E-state index contributed by atoms with van der Waals surface area (Å²) < 4.78 is 25.7. The Morgan fingerprint density at radius 1 is 1.10 bits per heavy atom. The molecule has 0 saturated heterocycles. The third kappa shape index (κ3) is 4.93. The van der Waals surface area contributed by atoms with E-state index in [1.165, 1.54) is 19.2 Å². The minimum atomic E-state index is -0.348. The Morgan fingerprint density at radius 3 is 2.38 bits per heavy atom. The summed E-state index contributed by atoms with van der Waals surface area (Å²) in [6.45, 7) is 5.89. The number of halogens is 1. The Kier molecular flexibility index (Phi) is 5.87. The zero-order chi connectivity index (χ0) is 21.0. The van der Waals surface area contributed by atoms with Gasteiger partial charge in [0.05, 0.1) is 18.5 Å². The first-order valence-electron chi connectivity index (χ1n) is 9.20. The van der Waals surface area contributed by atoms with E-state index in [1.54, 1.807) is 35.0 Å². The summed E-state index contributed by atoms with van der Waals surface area (Å²) in [5.74, 6) is 0.821. The number of nitrogens with one attached hydrogen (secondary N) is 1. The van der Waals surface area contributed by atoms with Crippen LogP contribution in [0.15, 0.2) is 54.6 Å². The molecule has 1 N–H and O–H groups in total. The lowest BCUT2D eigenvalue weighted by Crippen LogP contribution is -2.22. The van der Waals surface area contributed by atoms with Crippen LogP contribution in [0.4, 0.5) is 10.2 Å². The molecule has 1 aromatic heterocycles. The summed E-state index contributed by atoms with van der Waals surface area (Å²) in [7, 11) is 1.54. The van der Waals surface area contributed by atoms with Crippen molar-refractivity contribution >= 4 is 11.7 Å². The Bertz CT molecular complexity index is 991. The fraction of sp³-hybridized carbons (Fsp3) is 0.273. The maximum Gasteiger partial charge on any atom is 0.263 e. The number of nitrogens with zero attached hydrogens (tertiary/aromatic N) is 2. The van der Waals surface area contributed by atoms with Crippen molar-refractivity contribution in [3.8, 4) is 17.2 Å². The highest BCUT2D eigenvalue weighted by Gasteiger charge is 2.21. The van der Waals surface area contributed by atoms with Crippen LogP contribution in [0.5, 0.6) is 11.5 Å². The molecule has 0 aliphatic carbocycles. The first-order valence-corrected chi connectivity index (χ1v) is 9.20. The molecule has 0 saturated carbocycles. The number of rotatable bonds is 6. The van der Waals surface area contributed by atoms with Gasteiger partial charge in [0.25, 0.3) is 5.91 Å². The van der Waals surface area contributed by atoms with Crippen LogP contribution in [0.25, 0.3) is 5.69 Å². The highest BCUT2D eigenvalue weighted by molar-refractivity contribution is 5.91. The third-order valence-corrected chi connectivity index (χ3v) is 4.24. The number of carbonyl (C=O) groups is 1. The smallest absolute Gasteiger partial charge is 0.263 e. The lowest BCUT2D eigenvalue weighted by Gasteiger charge is -2.14. The van der Waals surface area contributed by atoms with Gasteiger partial charge in [0.15, 0.2) is 18.1 Å². The molecule has 6 nitrogen and oxygen atoms in total. The highest BCUT2D eigenvalue weighted by Crippen LogP contribution is 2.27. The molecule has 0 radical (unpaired) electrons. The largest absolute Gasteiger partial charge is 0.493 e. The van der Waals surface area contributed by atoms with Gasteiger partial charge in [0.1, 0.15) is 11.6 Å². The molecule has 3 aromatic rings. The Morgan fingerprint density at radius 2 is 1.76 bits per heavy atom. The molecule has 1 amide bonds. The average molecular weight is 397 g/mol.